The third kappa shape index (κ3) is 2.62. The first-order chi connectivity index (χ1) is 8.20. The van der Waals surface area contributed by atoms with Gasteiger partial charge in [-0.15, -0.1) is 5.10 Å². The molecule has 1 aromatic heterocycles. The molecule has 0 saturated carbocycles. The third-order valence-corrected chi connectivity index (χ3v) is 2.72. The predicted molar refractivity (Wildman–Crippen MR) is 64.6 cm³/mol. The molecule has 2 rings (SSSR count). The number of rotatable bonds is 4. The van der Waals surface area contributed by atoms with Crippen molar-refractivity contribution in [2.24, 2.45) is 12.8 Å². The first-order valence-electron chi connectivity index (χ1n) is 5.44. The van der Waals surface area contributed by atoms with Crippen LogP contribution >= 0.6 is 0 Å². The lowest BCUT2D eigenvalue weighted by atomic mass is 10.0. The van der Waals surface area contributed by atoms with Crippen LogP contribution < -0.4 is 10.5 Å². The van der Waals surface area contributed by atoms with Crippen molar-refractivity contribution >= 4 is 0 Å². The molecule has 0 amide bonds. The van der Waals surface area contributed by atoms with E-state index in [1.807, 2.05) is 31.3 Å². The summed E-state index contributed by atoms with van der Waals surface area (Å²) in [5, 5.41) is 7.70. The number of nitrogens with two attached hydrogens (primary N) is 1. The molecule has 0 radical (unpaired) electrons. The highest BCUT2D eigenvalue weighted by Gasteiger charge is 2.11. The van der Waals surface area contributed by atoms with E-state index < -0.39 is 0 Å². The molecular weight excluding hydrogens is 216 g/mol. The Bertz CT molecular complexity index is 495. The highest BCUT2D eigenvalue weighted by molar-refractivity contribution is 5.29. The molecule has 1 unspecified atom stereocenters. The van der Waals surface area contributed by atoms with Crippen molar-refractivity contribution < 1.29 is 4.74 Å². The summed E-state index contributed by atoms with van der Waals surface area (Å²) in [4.78, 5) is 0. The monoisotopic (exact) mass is 232 g/mol. The predicted octanol–water partition coefficient (Wildman–Crippen LogP) is 1.07. The molecule has 0 aliphatic heterocycles. The topological polar surface area (TPSA) is 66.0 Å². The van der Waals surface area contributed by atoms with Gasteiger partial charge in [-0.05, 0) is 24.1 Å². The molecule has 1 heterocycles. The van der Waals surface area contributed by atoms with E-state index in [1.165, 1.54) is 0 Å². The van der Waals surface area contributed by atoms with Crippen molar-refractivity contribution in [2.45, 2.75) is 12.5 Å². The molecule has 0 fully saturated rings. The van der Waals surface area contributed by atoms with Gasteiger partial charge in [-0.3, -0.25) is 4.68 Å². The normalized spacial score (nSPS) is 12.4. The Morgan fingerprint density at radius 3 is 2.94 bits per heavy atom. The Labute approximate surface area is 100 Å². The second kappa shape index (κ2) is 4.97. The van der Waals surface area contributed by atoms with E-state index in [4.69, 9.17) is 10.5 Å². The van der Waals surface area contributed by atoms with Gasteiger partial charge >= 0.3 is 0 Å². The lowest BCUT2D eigenvalue weighted by Crippen LogP contribution is -2.17. The van der Waals surface area contributed by atoms with E-state index >= 15 is 0 Å². The zero-order chi connectivity index (χ0) is 12.3. The van der Waals surface area contributed by atoms with Crippen molar-refractivity contribution in [1.82, 2.24) is 15.0 Å². The molecule has 0 aliphatic rings. The zero-order valence-corrected chi connectivity index (χ0v) is 10.00. The second-order valence-corrected chi connectivity index (χ2v) is 3.94. The molecular formula is C12H16N4O. The summed E-state index contributed by atoms with van der Waals surface area (Å²) < 4.78 is 6.88. The third-order valence-electron chi connectivity index (χ3n) is 2.72. The summed E-state index contributed by atoms with van der Waals surface area (Å²) in [5.74, 6) is 0.845. The fourth-order valence-electron chi connectivity index (χ4n) is 1.79. The number of nitrogens with zero attached hydrogens (tertiary/aromatic N) is 3. The maximum atomic E-state index is 6.12. The first kappa shape index (κ1) is 11.6. The average molecular weight is 232 g/mol. The maximum Gasteiger partial charge on any atom is 0.119 e. The van der Waals surface area contributed by atoms with E-state index in [0.717, 1.165) is 23.4 Å². The zero-order valence-electron chi connectivity index (χ0n) is 10.00. The van der Waals surface area contributed by atoms with Crippen molar-refractivity contribution in [3.63, 3.8) is 0 Å². The van der Waals surface area contributed by atoms with Gasteiger partial charge in [0.15, 0.2) is 0 Å². The standard InChI is InChI=1S/C12H16N4O/c1-16-12(8-14-15-16)11(13)7-9-4-3-5-10(6-9)17-2/h3-6,8,11H,7,13H2,1-2H3. The first-order valence-corrected chi connectivity index (χ1v) is 5.44. The lowest BCUT2D eigenvalue weighted by molar-refractivity contribution is 0.414. The van der Waals surface area contributed by atoms with Gasteiger partial charge in [0.25, 0.3) is 0 Å². The minimum Gasteiger partial charge on any atom is -0.497 e. The smallest absolute Gasteiger partial charge is 0.119 e. The minimum atomic E-state index is -0.109. The van der Waals surface area contributed by atoms with Crippen LogP contribution in [-0.2, 0) is 13.5 Å². The van der Waals surface area contributed by atoms with E-state index in [0.29, 0.717) is 0 Å². The van der Waals surface area contributed by atoms with Gasteiger partial charge in [0.1, 0.15) is 5.75 Å². The number of hydrogen-bond donors (Lipinski definition) is 1. The van der Waals surface area contributed by atoms with Gasteiger partial charge in [0.05, 0.1) is 25.0 Å². The van der Waals surface area contributed by atoms with Crippen molar-refractivity contribution in [2.75, 3.05) is 7.11 Å². The molecule has 0 aliphatic carbocycles. The summed E-state index contributed by atoms with van der Waals surface area (Å²) >= 11 is 0. The average Bonchev–Trinajstić information content (AvgIpc) is 2.76. The van der Waals surface area contributed by atoms with Crippen LogP contribution in [0.25, 0.3) is 0 Å². The van der Waals surface area contributed by atoms with E-state index in [-0.39, 0.29) is 6.04 Å². The van der Waals surface area contributed by atoms with Crippen molar-refractivity contribution in [3.05, 3.63) is 41.7 Å². The molecule has 5 nitrogen and oxygen atoms in total. The van der Waals surface area contributed by atoms with Gasteiger partial charge in [-0.1, -0.05) is 17.3 Å². The molecule has 1 atom stereocenters. The summed E-state index contributed by atoms with van der Waals surface area (Å²) in [6, 6.07) is 7.79. The van der Waals surface area contributed by atoms with Crippen LogP contribution in [0.2, 0.25) is 0 Å². The molecule has 0 bridgehead atoms. The van der Waals surface area contributed by atoms with Crippen LogP contribution in [-0.4, -0.2) is 22.1 Å². The molecule has 0 saturated heterocycles. The number of benzene rings is 1. The maximum absolute atomic E-state index is 6.12. The van der Waals surface area contributed by atoms with Crippen LogP contribution in [0.4, 0.5) is 0 Å². The number of aromatic nitrogens is 3. The summed E-state index contributed by atoms with van der Waals surface area (Å²) in [7, 11) is 3.50. The van der Waals surface area contributed by atoms with Crippen LogP contribution in [0.3, 0.4) is 0 Å². The van der Waals surface area contributed by atoms with Gasteiger partial charge in [-0.2, -0.15) is 0 Å². The molecule has 2 aromatic rings. The Balaban J connectivity index is 2.13. The van der Waals surface area contributed by atoms with E-state index in [9.17, 15) is 0 Å². The Morgan fingerprint density at radius 2 is 2.29 bits per heavy atom. The van der Waals surface area contributed by atoms with Gasteiger partial charge < -0.3 is 10.5 Å². The van der Waals surface area contributed by atoms with E-state index in [1.54, 1.807) is 18.0 Å². The summed E-state index contributed by atoms with van der Waals surface area (Å²) in [5.41, 5.74) is 8.18. The van der Waals surface area contributed by atoms with Crippen LogP contribution in [0.1, 0.15) is 17.3 Å². The Kier molecular flexibility index (Phi) is 3.39. The number of aryl methyl sites for hydroxylation is 1. The fourth-order valence-corrected chi connectivity index (χ4v) is 1.79. The van der Waals surface area contributed by atoms with Crippen LogP contribution in [0, 0.1) is 0 Å². The van der Waals surface area contributed by atoms with Crippen molar-refractivity contribution in [1.29, 1.82) is 0 Å². The molecule has 1 aromatic carbocycles. The quantitative estimate of drug-likeness (QED) is 0.856. The van der Waals surface area contributed by atoms with Crippen LogP contribution in [0.15, 0.2) is 30.5 Å². The fraction of sp³-hybridized carbons (Fsp3) is 0.333. The summed E-state index contributed by atoms with van der Waals surface area (Å²) in [6.45, 7) is 0. The van der Waals surface area contributed by atoms with Crippen LogP contribution in [0.5, 0.6) is 5.75 Å². The highest BCUT2D eigenvalue weighted by Crippen LogP contribution is 2.18. The number of ether oxygens (including phenoxy) is 1. The molecule has 2 N–H and O–H groups in total. The van der Waals surface area contributed by atoms with E-state index in [2.05, 4.69) is 10.3 Å². The SMILES string of the molecule is COc1cccc(CC(N)c2cnnn2C)c1. The molecule has 17 heavy (non-hydrogen) atoms. The summed E-state index contributed by atoms with van der Waals surface area (Å²) in [6.07, 6.45) is 2.43. The molecule has 5 heteroatoms. The lowest BCUT2D eigenvalue weighted by Gasteiger charge is -2.11. The van der Waals surface area contributed by atoms with Gasteiger partial charge in [0.2, 0.25) is 0 Å². The van der Waals surface area contributed by atoms with Gasteiger partial charge in [-0.25, -0.2) is 0 Å². The highest BCUT2D eigenvalue weighted by atomic mass is 16.5. The Morgan fingerprint density at radius 1 is 1.47 bits per heavy atom. The number of hydrogen-bond acceptors (Lipinski definition) is 4. The Hall–Kier alpha value is -1.88. The van der Waals surface area contributed by atoms with Crippen molar-refractivity contribution in [3.8, 4) is 5.75 Å². The van der Waals surface area contributed by atoms with Gasteiger partial charge in [0, 0.05) is 7.05 Å². The second-order valence-electron chi connectivity index (χ2n) is 3.94. The largest absolute Gasteiger partial charge is 0.497 e. The molecule has 90 valence electrons. The minimum absolute atomic E-state index is 0.109. The molecule has 0 spiro atoms. The number of methoxy groups -OCH3 is 1.